The minimum Gasteiger partial charge on any atom is -0.540 e. The molecule has 0 fully saturated rings. The maximum atomic E-state index is 6.79. The Morgan fingerprint density at radius 3 is 1.83 bits per heavy atom. The zero-order chi connectivity index (χ0) is 18.5. The van der Waals surface area contributed by atoms with E-state index >= 15 is 0 Å². The molecule has 0 aliphatic heterocycles. The van der Waals surface area contributed by atoms with Gasteiger partial charge in [-0.1, -0.05) is 57.5 Å². The first-order valence-electron chi connectivity index (χ1n) is 8.38. The van der Waals surface area contributed by atoms with Crippen LogP contribution >= 0.6 is 15.9 Å². The summed E-state index contributed by atoms with van der Waals surface area (Å²) in [5.74, 6) is 1.96. The van der Waals surface area contributed by atoms with E-state index in [9.17, 15) is 0 Å². The van der Waals surface area contributed by atoms with E-state index in [4.69, 9.17) is 18.6 Å². The summed E-state index contributed by atoms with van der Waals surface area (Å²) >= 11 is 3.54. The third-order valence-corrected chi connectivity index (χ3v) is 11.0. The highest BCUT2D eigenvalue weighted by molar-refractivity contribution is 9.10. The van der Waals surface area contributed by atoms with Gasteiger partial charge in [0.25, 0.3) is 8.32 Å². The van der Waals surface area contributed by atoms with E-state index in [0.29, 0.717) is 28.1 Å². The molecule has 0 atom stereocenters. The fourth-order valence-corrected chi connectivity index (χ4v) is 9.23. The highest BCUT2D eigenvalue weighted by Gasteiger charge is 2.47. The van der Waals surface area contributed by atoms with E-state index in [-0.39, 0.29) is 6.79 Å². The lowest BCUT2D eigenvalue weighted by Gasteiger charge is -2.42. The zero-order valence-corrected chi connectivity index (χ0v) is 18.7. The molecule has 1 aromatic rings. The van der Waals surface area contributed by atoms with E-state index in [0.717, 1.165) is 10.2 Å². The number of hydrogen-bond acceptors (Lipinski definition) is 4. The lowest BCUT2D eigenvalue weighted by atomic mass is 10.3. The molecular weight excluding hydrogens is 388 g/mol. The van der Waals surface area contributed by atoms with E-state index in [1.807, 2.05) is 12.1 Å². The van der Waals surface area contributed by atoms with Gasteiger partial charge in [-0.05, 0) is 28.8 Å². The predicted octanol–water partition coefficient (Wildman–Crippen LogP) is 5.99. The predicted molar refractivity (Wildman–Crippen MR) is 105 cm³/mol. The van der Waals surface area contributed by atoms with Crippen molar-refractivity contribution >= 4 is 24.2 Å². The Bertz CT molecular complexity index is 510. The van der Waals surface area contributed by atoms with Crippen molar-refractivity contribution in [2.24, 2.45) is 0 Å². The van der Waals surface area contributed by atoms with Gasteiger partial charge in [0.2, 0.25) is 5.75 Å². The minimum atomic E-state index is -2.09. The molecule has 0 N–H and O–H groups in total. The second-order valence-corrected chi connectivity index (χ2v) is 13.2. The van der Waals surface area contributed by atoms with Gasteiger partial charge in [-0.25, -0.2) is 0 Å². The smallest absolute Gasteiger partial charge is 0.258 e. The molecule has 4 nitrogen and oxygen atoms in total. The quantitative estimate of drug-likeness (QED) is 0.364. The third kappa shape index (κ3) is 4.46. The molecular formula is C18H31BrO4Si. The van der Waals surface area contributed by atoms with E-state index in [1.165, 1.54) is 0 Å². The summed E-state index contributed by atoms with van der Waals surface area (Å²) in [6.45, 7) is 13.7. The number of ether oxygens (including phenoxy) is 3. The maximum absolute atomic E-state index is 6.79. The molecule has 6 heteroatoms. The van der Waals surface area contributed by atoms with Crippen molar-refractivity contribution in [3.05, 3.63) is 16.6 Å². The molecule has 1 rings (SSSR count). The molecule has 0 unspecified atom stereocenters. The Hall–Kier alpha value is -0.723. The molecule has 0 aliphatic carbocycles. The fraction of sp³-hybridized carbons (Fsp3) is 0.667. The lowest BCUT2D eigenvalue weighted by molar-refractivity contribution is 0.0477. The monoisotopic (exact) mass is 418 g/mol. The summed E-state index contributed by atoms with van der Waals surface area (Å²) in [6.07, 6.45) is 0. The van der Waals surface area contributed by atoms with Crippen LogP contribution in [-0.2, 0) is 4.74 Å². The zero-order valence-electron chi connectivity index (χ0n) is 16.1. The minimum absolute atomic E-state index is 0.147. The van der Waals surface area contributed by atoms with Crippen LogP contribution in [0, 0.1) is 0 Å². The van der Waals surface area contributed by atoms with Crippen LogP contribution in [0.3, 0.4) is 0 Å². The average Bonchev–Trinajstić information content (AvgIpc) is 2.49. The number of benzene rings is 1. The number of hydrogen-bond donors (Lipinski definition) is 0. The van der Waals surface area contributed by atoms with Gasteiger partial charge in [0.15, 0.2) is 18.3 Å². The molecule has 0 amide bonds. The summed E-state index contributed by atoms with van der Waals surface area (Å²) in [7, 11) is 1.13. The van der Waals surface area contributed by atoms with Crippen molar-refractivity contribution in [2.75, 3.05) is 21.0 Å². The van der Waals surface area contributed by atoms with Crippen molar-refractivity contribution in [3.63, 3.8) is 0 Å². The molecule has 0 heterocycles. The van der Waals surface area contributed by atoms with Crippen molar-refractivity contribution in [1.82, 2.24) is 0 Å². The van der Waals surface area contributed by atoms with Crippen LogP contribution in [0.1, 0.15) is 41.5 Å². The summed E-state index contributed by atoms with van der Waals surface area (Å²) in [4.78, 5) is 0. The summed E-state index contributed by atoms with van der Waals surface area (Å²) in [6, 6.07) is 3.84. The molecule has 0 bridgehead atoms. The first-order chi connectivity index (χ1) is 11.2. The summed E-state index contributed by atoms with van der Waals surface area (Å²) < 4.78 is 24.0. The molecule has 0 radical (unpaired) electrons. The first-order valence-corrected chi connectivity index (χ1v) is 11.3. The largest absolute Gasteiger partial charge is 0.540 e. The molecule has 1 aromatic carbocycles. The van der Waals surface area contributed by atoms with E-state index < -0.39 is 8.32 Å². The van der Waals surface area contributed by atoms with Crippen molar-refractivity contribution in [1.29, 1.82) is 0 Å². The third-order valence-electron chi connectivity index (χ3n) is 4.52. The van der Waals surface area contributed by atoms with Gasteiger partial charge in [0.1, 0.15) is 0 Å². The Morgan fingerprint density at radius 1 is 0.917 bits per heavy atom. The van der Waals surface area contributed by atoms with Crippen molar-refractivity contribution in [3.8, 4) is 17.2 Å². The average molecular weight is 419 g/mol. The molecule has 138 valence electrons. The highest BCUT2D eigenvalue weighted by atomic mass is 79.9. The van der Waals surface area contributed by atoms with Crippen molar-refractivity contribution in [2.45, 2.75) is 58.2 Å². The summed E-state index contributed by atoms with van der Waals surface area (Å²) in [5.41, 5.74) is 1.41. The van der Waals surface area contributed by atoms with Crippen LogP contribution < -0.4 is 13.9 Å². The Labute approximate surface area is 156 Å². The highest BCUT2D eigenvalue weighted by Crippen LogP contribution is 2.47. The molecule has 0 spiro atoms. The Kier molecular flexibility index (Phi) is 8.09. The fourth-order valence-electron chi connectivity index (χ4n) is 3.58. The molecule has 0 saturated carbocycles. The topological polar surface area (TPSA) is 36.9 Å². The van der Waals surface area contributed by atoms with Crippen LogP contribution in [0.2, 0.25) is 16.6 Å². The van der Waals surface area contributed by atoms with Gasteiger partial charge < -0.3 is 18.6 Å². The van der Waals surface area contributed by atoms with Crippen molar-refractivity contribution < 1.29 is 18.6 Å². The van der Waals surface area contributed by atoms with E-state index in [1.54, 1.807) is 14.2 Å². The SMILES string of the molecule is COCOc1c(OC)cc(Br)cc1O[Si](C(C)C)(C(C)C)C(C)C. The number of rotatable bonds is 9. The molecule has 0 saturated heterocycles. The Morgan fingerprint density at radius 2 is 1.42 bits per heavy atom. The van der Waals surface area contributed by atoms with Crippen LogP contribution in [0.4, 0.5) is 0 Å². The second-order valence-electron chi connectivity index (χ2n) is 6.91. The normalized spacial score (nSPS) is 12.2. The van der Waals surface area contributed by atoms with Gasteiger partial charge in [0.05, 0.1) is 7.11 Å². The molecule has 0 aliphatic rings. The first kappa shape index (κ1) is 21.3. The van der Waals surface area contributed by atoms with Gasteiger partial charge in [-0.15, -0.1) is 0 Å². The second kappa shape index (κ2) is 9.11. The maximum Gasteiger partial charge on any atom is 0.258 e. The Balaban J connectivity index is 3.44. The lowest BCUT2D eigenvalue weighted by Crippen LogP contribution is -2.50. The van der Waals surface area contributed by atoms with Crippen LogP contribution in [0.5, 0.6) is 17.2 Å². The number of halogens is 1. The van der Waals surface area contributed by atoms with Gasteiger partial charge >= 0.3 is 0 Å². The summed E-state index contributed by atoms with van der Waals surface area (Å²) in [5, 5.41) is 0. The standard InChI is InChI=1S/C18H31BrO4Si/c1-12(2)24(13(3)4,14(5)6)23-17-10-15(19)9-16(21-8)18(17)22-11-20-7/h9-10,12-14H,11H2,1-8H3. The van der Waals surface area contributed by atoms with E-state index in [2.05, 4.69) is 57.5 Å². The van der Waals surface area contributed by atoms with Crippen LogP contribution in [-0.4, -0.2) is 29.3 Å². The van der Waals surface area contributed by atoms with Gasteiger partial charge in [-0.2, -0.15) is 0 Å². The molecule has 0 aromatic heterocycles. The number of methoxy groups -OCH3 is 2. The van der Waals surface area contributed by atoms with Crippen LogP contribution in [0.15, 0.2) is 16.6 Å². The van der Waals surface area contributed by atoms with Gasteiger partial charge in [0, 0.05) is 11.6 Å². The van der Waals surface area contributed by atoms with Crippen LogP contribution in [0.25, 0.3) is 0 Å². The molecule has 24 heavy (non-hydrogen) atoms. The van der Waals surface area contributed by atoms with Gasteiger partial charge in [-0.3, -0.25) is 0 Å².